The van der Waals surface area contributed by atoms with E-state index in [0.717, 1.165) is 0 Å². The quantitative estimate of drug-likeness (QED) is 0.337. The van der Waals surface area contributed by atoms with E-state index < -0.39 is 0 Å². The van der Waals surface area contributed by atoms with Gasteiger partial charge in [-0.25, -0.2) is 5.84 Å². The van der Waals surface area contributed by atoms with Crippen LogP contribution in [-0.2, 0) is 0 Å². The van der Waals surface area contributed by atoms with Crippen LogP contribution in [0.25, 0.3) is 21.8 Å². The van der Waals surface area contributed by atoms with E-state index >= 15 is 0 Å². The summed E-state index contributed by atoms with van der Waals surface area (Å²) in [5.74, 6) is 4.87. The molecule has 1 aromatic heterocycles. The topological polar surface area (TPSA) is 53.8 Å². The molecule has 3 aromatic rings. The van der Waals surface area contributed by atoms with Crippen LogP contribution in [0.15, 0.2) is 48.5 Å². The zero-order valence-corrected chi connectivity index (χ0v) is 12.1. The second kappa shape index (κ2) is 6.56. The molecule has 19 heavy (non-hydrogen) atoms. The van der Waals surface area contributed by atoms with Gasteiger partial charge < -0.3 is 10.4 Å². The zero-order valence-electron chi connectivity index (χ0n) is 10.5. The average molecular weight is 289 g/mol. The number of para-hydroxylation sites is 2. The lowest BCUT2D eigenvalue weighted by Crippen LogP contribution is -2.25. The van der Waals surface area contributed by atoms with Crippen LogP contribution in [0.2, 0.25) is 0 Å². The van der Waals surface area contributed by atoms with Crippen molar-refractivity contribution >= 4 is 50.1 Å². The number of aromatic amines is 1. The van der Waals surface area contributed by atoms with Crippen LogP contribution in [0.5, 0.6) is 0 Å². The third-order valence-corrected chi connectivity index (χ3v) is 3.82. The van der Waals surface area contributed by atoms with E-state index in [2.05, 4.69) is 71.2 Å². The fourth-order valence-electron chi connectivity index (χ4n) is 1.86. The van der Waals surface area contributed by atoms with Gasteiger partial charge in [-0.1, -0.05) is 60.4 Å². The van der Waals surface area contributed by atoms with Gasteiger partial charge in [-0.2, -0.15) is 0 Å². The molecule has 2 aromatic carbocycles. The Labute approximate surface area is 121 Å². The molecule has 5 heteroatoms. The largest absolute Gasteiger partial charge is 0.355 e. The van der Waals surface area contributed by atoms with E-state index in [-0.39, 0.29) is 0 Å². The average Bonchev–Trinajstić information content (AvgIpc) is 2.85. The molecule has 0 unspecified atom stereocenters. The standard InChI is InChI=1S/C12H9N.C2H6N2S2/c1-3-7-11-9(5-1)10-6-2-4-8-12(10)13-11;1-6-2(5)4-3/h1-8,13H;3H2,1H3,(H,4,5). The van der Waals surface area contributed by atoms with Crippen LogP contribution < -0.4 is 11.3 Å². The Kier molecular flexibility index (Phi) is 4.79. The molecule has 0 aliphatic rings. The summed E-state index contributed by atoms with van der Waals surface area (Å²) >= 11 is 6.00. The summed E-state index contributed by atoms with van der Waals surface area (Å²) in [4.78, 5) is 3.38. The van der Waals surface area contributed by atoms with Crippen molar-refractivity contribution in [1.29, 1.82) is 0 Å². The molecule has 0 saturated heterocycles. The summed E-state index contributed by atoms with van der Waals surface area (Å²) in [6.07, 6.45) is 1.86. The molecule has 0 atom stereocenters. The minimum absolute atomic E-state index is 0.620. The third kappa shape index (κ3) is 3.26. The fourth-order valence-corrected chi connectivity index (χ4v) is 1.98. The second-order valence-electron chi connectivity index (χ2n) is 3.85. The number of hydrogen-bond donors (Lipinski definition) is 3. The first-order valence-corrected chi connectivity index (χ1v) is 7.39. The number of fused-ring (bicyclic) bond motifs is 3. The molecule has 3 nitrogen and oxygen atoms in total. The van der Waals surface area contributed by atoms with Crippen molar-refractivity contribution in [1.82, 2.24) is 10.4 Å². The van der Waals surface area contributed by atoms with Gasteiger partial charge >= 0.3 is 0 Å². The number of H-pyrrole nitrogens is 1. The first-order chi connectivity index (χ1) is 9.26. The Morgan fingerprint density at radius 1 is 1.05 bits per heavy atom. The smallest absolute Gasteiger partial charge is 0.147 e. The number of benzene rings is 2. The lowest BCUT2D eigenvalue weighted by Gasteiger charge is -1.91. The van der Waals surface area contributed by atoms with Crippen LogP contribution in [0.4, 0.5) is 0 Å². The van der Waals surface area contributed by atoms with Crippen LogP contribution >= 0.6 is 24.0 Å². The van der Waals surface area contributed by atoms with E-state index in [0.29, 0.717) is 4.32 Å². The maximum Gasteiger partial charge on any atom is 0.147 e. The maximum atomic E-state index is 4.87. The molecule has 1 heterocycles. The van der Waals surface area contributed by atoms with Gasteiger partial charge in [0.25, 0.3) is 0 Å². The molecule has 0 spiro atoms. The van der Waals surface area contributed by atoms with Gasteiger partial charge in [0.1, 0.15) is 4.32 Å². The molecule has 0 amide bonds. The first-order valence-electron chi connectivity index (χ1n) is 5.76. The predicted octanol–water partition coefficient (Wildman–Crippen LogP) is 3.42. The highest BCUT2D eigenvalue weighted by Crippen LogP contribution is 2.24. The van der Waals surface area contributed by atoms with Crippen molar-refractivity contribution < 1.29 is 0 Å². The maximum absolute atomic E-state index is 4.87. The van der Waals surface area contributed by atoms with Gasteiger partial charge in [0, 0.05) is 21.8 Å². The SMILES string of the molecule is CSC(=S)NN.c1ccc2c(c1)[nH]c1ccccc12. The Morgan fingerprint density at radius 3 is 1.89 bits per heavy atom. The first kappa shape index (κ1) is 13.9. The molecular weight excluding hydrogens is 274 g/mol. The van der Waals surface area contributed by atoms with E-state index in [1.54, 1.807) is 0 Å². The molecule has 0 aliphatic heterocycles. The molecule has 0 fully saturated rings. The third-order valence-electron chi connectivity index (χ3n) is 2.72. The molecule has 0 bridgehead atoms. The van der Waals surface area contributed by atoms with Crippen molar-refractivity contribution in [2.45, 2.75) is 0 Å². The van der Waals surface area contributed by atoms with Crippen molar-refractivity contribution in [2.75, 3.05) is 6.26 Å². The van der Waals surface area contributed by atoms with Crippen LogP contribution in [0.1, 0.15) is 0 Å². The van der Waals surface area contributed by atoms with Crippen LogP contribution in [0, 0.1) is 0 Å². The van der Waals surface area contributed by atoms with Crippen LogP contribution in [0.3, 0.4) is 0 Å². The van der Waals surface area contributed by atoms with Crippen molar-refractivity contribution in [3.63, 3.8) is 0 Å². The second-order valence-corrected chi connectivity index (χ2v) is 5.34. The summed E-state index contributed by atoms with van der Waals surface area (Å²) in [5, 5.41) is 2.61. The highest BCUT2D eigenvalue weighted by atomic mass is 32.2. The molecule has 0 saturated carbocycles. The van der Waals surface area contributed by atoms with Gasteiger partial charge in [-0.3, -0.25) is 0 Å². The Morgan fingerprint density at radius 2 is 1.53 bits per heavy atom. The Hall–Kier alpha value is -1.56. The number of aromatic nitrogens is 1. The lowest BCUT2D eigenvalue weighted by atomic mass is 10.2. The summed E-state index contributed by atoms with van der Waals surface area (Å²) in [6, 6.07) is 16.8. The number of thioether (sulfide) groups is 1. The summed E-state index contributed by atoms with van der Waals surface area (Å²) in [5.41, 5.74) is 4.73. The van der Waals surface area contributed by atoms with Crippen molar-refractivity contribution in [3.8, 4) is 0 Å². The lowest BCUT2D eigenvalue weighted by molar-refractivity contribution is 1.07. The van der Waals surface area contributed by atoms with Gasteiger partial charge in [0.15, 0.2) is 0 Å². The van der Waals surface area contributed by atoms with Crippen LogP contribution in [-0.4, -0.2) is 15.6 Å². The Bertz CT molecular complexity index is 635. The van der Waals surface area contributed by atoms with Gasteiger partial charge in [0.05, 0.1) is 0 Å². The number of nitrogens with two attached hydrogens (primary N) is 1. The summed E-state index contributed by atoms with van der Waals surface area (Å²) in [7, 11) is 0. The molecule has 3 rings (SSSR count). The number of hydrogen-bond acceptors (Lipinski definition) is 3. The van der Waals surface area contributed by atoms with E-state index in [1.807, 2.05) is 6.26 Å². The number of hydrazine groups is 1. The zero-order chi connectivity index (χ0) is 13.7. The minimum atomic E-state index is 0.620. The van der Waals surface area contributed by atoms with Gasteiger partial charge in [-0.05, 0) is 18.4 Å². The van der Waals surface area contributed by atoms with Gasteiger partial charge in [0.2, 0.25) is 0 Å². The number of rotatable bonds is 0. The number of nitrogens with one attached hydrogen (secondary N) is 2. The fraction of sp³-hybridized carbons (Fsp3) is 0.0714. The number of thiocarbonyl (C=S) groups is 1. The summed E-state index contributed by atoms with van der Waals surface area (Å²) < 4.78 is 0.620. The monoisotopic (exact) mass is 289 g/mol. The Balaban J connectivity index is 0.000000192. The minimum Gasteiger partial charge on any atom is -0.355 e. The molecule has 98 valence electrons. The van der Waals surface area contributed by atoms with Crippen molar-refractivity contribution in [2.24, 2.45) is 5.84 Å². The highest BCUT2D eigenvalue weighted by molar-refractivity contribution is 8.22. The van der Waals surface area contributed by atoms with E-state index in [1.165, 1.54) is 33.6 Å². The predicted molar refractivity (Wildman–Crippen MR) is 89.2 cm³/mol. The summed E-state index contributed by atoms with van der Waals surface area (Å²) in [6.45, 7) is 0. The van der Waals surface area contributed by atoms with E-state index in [4.69, 9.17) is 5.84 Å². The molecule has 0 radical (unpaired) electrons. The van der Waals surface area contributed by atoms with E-state index in [9.17, 15) is 0 Å². The molecule has 0 aliphatic carbocycles. The van der Waals surface area contributed by atoms with Gasteiger partial charge in [-0.15, -0.1) is 0 Å². The highest BCUT2D eigenvalue weighted by Gasteiger charge is 2.00. The molecular formula is C14H15N3S2. The molecule has 4 N–H and O–H groups in total. The normalized spacial score (nSPS) is 10.0. The van der Waals surface area contributed by atoms with Crippen molar-refractivity contribution in [3.05, 3.63) is 48.5 Å².